The van der Waals surface area contributed by atoms with Crippen LogP contribution >= 0.6 is 11.6 Å². The number of likely N-dealkylation sites (N-methyl/N-ethyl adjacent to an activating group) is 1. The maximum atomic E-state index is 13.7. The molecule has 3 saturated heterocycles. The van der Waals surface area contributed by atoms with Crippen LogP contribution in [-0.4, -0.2) is 186 Å². The van der Waals surface area contributed by atoms with Gasteiger partial charge in [-0.2, -0.15) is 0 Å². The fourth-order valence-corrected chi connectivity index (χ4v) is 13.6. The molecule has 0 bridgehead atoms. The minimum atomic E-state index is -3.80. The summed E-state index contributed by atoms with van der Waals surface area (Å²) in [5.74, 6) is 0.753. The summed E-state index contributed by atoms with van der Waals surface area (Å²) < 4.78 is 72.9. The van der Waals surface area contributed by atoms with Crippen LogP contribution in [0.25, 0.3) is 0 Å². The quantitative estimate of drug-likeness (QED) is 0.0620. The molecule has 5 atom stereocenters. The van der Waals surface area contributed by atoms with Crippen molar-refractivity contribution in [3.05, 3.63) is 86.9 Å². The molecule has 3 aliphatic heterocycles. The Bertz CT molecular complexity index is 2630. The van der Waals surface area contributed by atoms with Gasteiger partial charge in [0.25, 0.3) is 0 Å². The summed E-state index contributed by atoms with van der Waals surface area (Å²) >= 11 is 6.60. The topological polar surface area (TPSA) is 229 Å². The molecule has 22 heteroatoms. The Kier molecular flexibility index (Phi) is 21.4. The van der Waals surface area contributed by atoms with Crippen molar-refractivity contribution in [1.29, 1.82) is 0 Å². The lowest BCUT2D eigenvalue weighted by Gasteiger charge is -2.41. The van der Waals surface area contributed by atoms with E-state index in [1.165, 1.54) is 17.5 Å². The third-order valence-electron chi connectivity index (χ3n) is 15.1. The molecule has 7 rings (SSSR count). The molecule has 3 heterocycles. The SMILES string of the molecule is Cc1cc(S(=O)(=O)N[C@@H]2CCN(CCOCCNC(=O)NCCCCNC(=O)NCCOCCN3CC[C@H](c4c(C)cccc4S(N)(=O)=O)C3)C2)ccc1O[C@H]1c2cc(Cl)cc(C)c2C[C@@H]1N1CCC[C@@H](N(C)C)C1. The van der Waals surface area contributed by atoms with Gasteiger partial charge < -0.3 is 45.3 Å². The lowest BCUT2D eigenvalue weighted by molar-refractivity contribution is 0.0377. The first-order chi connectivity index (χ1) is 35.9. The number of halogens is 1. The summed E-state index contributed by atoms with van der Waals surface area (Å²) in [6.45, 7) is 15.4. The second-order valence-electron chi connectivity index (χ2n) is 20.8. The van der Waals surface area contributed by atoms with Crippen LogP contribution in [-0.2, 0) is 35.9 Å². The molecule has 3 fully saturated rings. The van der Waals surface area contributed by atoms with E-state index >= 15 is 0 Å². The van der Waals surface area contributed by atoms with E-state index in [0.717, 1.165) is 74.2 Å². The van der Waals surface area contributed by atoms with Gasteiger partial charge in [-0.25, -0.2) is 36.3 Å². The van der Waals surface area contributed by atoms with Gasteiger partial charge in [0.1, 0.15) is 11.9 Å². The highest BCUT2D eigenvalue weighted by Crippen LogP contribution is 2.43. The number of carbonyl (C=O) groups excluding carboxylic acids is 2. The Labute approximate surface area is 450 Å². The normalized spacial score (nSPS) is 21.6. The van der Waals surface area contributed by atoms with Gasteiger partial charge in [0.05, 0.1) is 42.3 Å². The number of urea groups is 2. The number of aryl methyl sites for hydroxylation is 3. The zero-order valence-electron chi connectivity index (χ0n) is 44.5. The van der Waals surface area contributed by atoms with Crippen molar-refractivity contribution < 1.29 is 40.6 Å². The van der Waals surface area contributed by atoms with Crippen molar-refractivity contribution in [3.63, 3.8) is 0 Å². The molecule has 19 nitrogen and oxygen atoms in total. The number of unbranched alkanes of at least 4 members (excludes halogenated alkanes) is 1. The van der Waals surface area contributed by atoms with Crippen molar-refractivity contribution in [2.24, 2.45) is 5.14 Å². The first kappa shape index (κ1) is 58.6. The number of benzene rings is 3. The molecule has 0 unspecified atom stereocenters. The predicted octanol–water partition coefficient (Wildman–Crippen LogP) is 4.24. The third kappa shape index (κ3) is 16.7. The molecular weight excluding hydrogens is 1020 g/mol. The maximum Gasteiger partial charge on any atom is 0.314 e. The molecule has 0 spiro atoms. The molecule has 4 aliphatic rings. The Hall–Kier alpha value is -4.13. The van der Waals surface area contributed by atoms with Crippen LogP contribution in [0.2, 0.25) is 5.02 Å². The Balaban J connectivity index is 0.700. The van der Waals surface area contributed by atoms with E-state index < -0.39 is 20.0 Å². The van der Waals surface area contributed by atoms with Crippen molar-refractivity contribution in [2.45, 2.75) is 106 Å². The molecule has 3 aromatic carbocycles. The molecule has 75 heavy (non-hydrogen) atoms. The van der Waals surface area contributed by atoms with Gasteiger partial charge >= 0.3 is 12.1 Å². The lowest BCUT2D eigenvalue weighted by atomic mass is 9.94. The summed E-state index contributed by atoms with van der Waals surface area (Å²) in [5, 5.41) is 17.4. The van der Waals surface area contributed by atoms with Gasteiger partial charge in [-0.1, -0.05) is 23.7 Å². The number of nitrogens with two attached hydrogens (primary N) is 1. The van der Waals surface area contributed by atoms with Crippen LogP contribution in [0, 0.1) is 20.8 Å². The number of ether oxygens (including phenoxy) is 3. The van der Waals surface area contributed by atoms with Gasteiger partial charge in [-0.15, -0.1) is 0 Å². The van der Waals surface area contributed by atoms with Crippen molar-refractivity contribution >= 4 is 43.7 Å². The second-order valence-corrected chi connectivity index (χ2v) is 24.5. The van der Waals surface area contributed by atoms with Crippen LogP contribution < -0.4 is 35.9 Å². The van der Waals surface area contributed by atoms with E-state index in [-0.39, 0.29) is 46.0 Å². The summed E-state index contributed by atoms with van der Waals surface area (Å²) in [6, 6.07) is 14.2. The third-order valence-corrected chi connectivity index (χ3v) is 17.8. The van der Waals surface area contributed by atoms with E-state index in [0.29, 0.717) is 108 Å². The number of hydrogen-bond donors (Lipinski definition) is 6. The Morgan fingerprint density at radius 3 is 2.05 bits per heavy atom. The molecule has 0 saturated carbocycles. The molecule has 4 amide bonds. The smallest absolute Gasteiger partial charge is 0.314 e. The highest BCUT2D eigenvalue weighted by Gasteiger charge is 2.41. The molecule has 7 N–H and O–H groups in total. The highest BCUT2D eigenvalue weighted by atomic mass is 35.5. The summed E-state index contributed by atoms with van der Waals surface area (Å²) in [5.41, 5.74) is 6.05. The average Bonchev–Trinajstić information content (AvgIpc) is 4.12. The molecule has 3 aromatic rings. The van der Waals surface area contributed by atoms with Gasteiger partial charge in [0, 0.05) is 76.0 Å². The molecular formula is C53H81ClN10O9S2. The Morgan fingerprint density at radius 2 is 1.40 bits per heavy atom. The summed E-state index contributed by atoms with van der Waals surface area (Å²) in [6.07, 6.45) is 5.86. The largest absolute Gasteiger partial charge is 0.484 e. The van der Waals surface area contributed by atoms with E-state index in [9.17, 15) is 26.4 Å². The van der Waals surface area contributed by atoms with Crippen LogP contribution in [0.4, 0.5) is 9.59 Å². The summed E-state index contributed by atoms with van der Waals surface area (Å²) in [7, 11) is -3.29. The number of piperidine rings is 1. The Morgan fingerprint density at radius 1 is 0.747 bits per heavy atom. The summed E-state index contributed by atoms with van der Waals surface area (Å²) in [4.78, 5) is 34.2. The zero-order chi connectivity index (χ0) is 53.7. The minimum Gasteiger partial charge on any atom is -0.484 e. The average molecular weight is 1100 g/mol. The van der Waals surface area contributed by atoms with Gasteiger partial charge in [-0.3, -0.25) is 9.80 Å². The first-order valence-electron chi connectivity index (χ1n) is 26.6. The second kappa shape index (κ2) is 27.5. The van der Waals surface area contributed by atoms with Gasteiger partial charge in [-0.05, 0) is 175 Å². The number of primary sulfonamides is 1. The van der Waals surface area contributed by atoms with E-state index in [1.54, 1.807) is 30.3 Å². The number of carbonyl (C=O) groups is 2. The molecule has 0 radical (unpaired) electrons. The molecule has 1 aliphatic carbocycles. The highest BCUT2D eigenvalue weighted by molar-refractivity contribution is 7.89. The van der Waals surface area contributed by atoms with E-state index in [2.05, 4.69) is 66.6 Å². The number of likely N-dealkylation sites (tertiary alicyclic amines) is 3. The van der Waals surface area contributed by atoms with E-state index in [1.807, 2.05) is 32.0 Å². The van der Waals surface area contributed by atoms with Crippen LogP contribution in [0.1, 0.15) is 83.9 Å². The molecule has 416 valence electrons. The molecule has 0 aromatic heterocycles. The standard InChI is InChI=1S/C53H81ClN10O9S2/c1-37-10-8-12-49(74(55,67)68)50(37)40-15-22-62(34-40)24-28-71-26-19-58-52(65)56-17-6-7-18-57-53(66)59-20-27-72-29-25-63-23-16-42(35-63)60-75(69,70)44-13-14-48(39(3)31-44)73-51-46-32-41(54)30-38(2)45(46)33-47(51)64-21-9-11-43(36-64)61(4)5/h8,10,12-14,30-32,40,42-43,47,51,60H,6-7,9,11,15-29,33-36H2,1-5H3,(H2,55,67,68)(H2,56,58,65)(H2,57,59,66)/t40-,42+,43+,47-,51-/m0/s1. The first-order valence-corrected chi connectivity index (χ1v) is 30.0. The monoisotopic (exact) mass is 1100 g/mol. The minimum absolute atomic E-state index is 0.0908. The van der Waals surface area contributed by atoms with Crippen LogP contribution in [0.3, 0.4) is 0 Å². The fourth-order valence-electron chi connectivity index (χ4n) is 11.0. The number of hydrogen-bond acceptors (Lipinski definition) is 13. The number of sulfonamides is 2. The number of amides is 4. The van der Waals surface area contributed by atoms with Crippen molar-refractivity contribution in [3.8, 4) is 5.75 Å². The van der Waals surface area contributed by atoms with Crippen molar-refractivity contribution in [2.75, 3.05) is 119 Å². The van der Waals surface area contributed by atoms with Gasteiger partial charge in [0.15, 0.2) is 0 Å². The fraction of sp³-hybridized carbons (Fsp3) is 0.623. The number of rotatable bonds is 26. The number of nitrogens with zero attached hydrogens (tertiary/aromatic N) is 4. The van der Waals surface area contributed by atoms with Crippen LogP contribution in [0.15, 0.2) is 58.3 Å². The van der Waals surface area contributed by atoms with Crippen LogP contribution in [0.5, 0.6) is 5.75 Å². The van der Waals surface area contributed by atoms with E-state index in [4.69, 9.17) is 31.0 Å². The maximum absolute atomic E-state index is 13.7. The number of nitrogens with one attached hydrogen (secondary N) is 5. The predicted molar refractivity (Wildman–Crippen MR) is 292 cm³/mol. The zero-order valence-corrected chi connectivity index (χ0v) is 46.9. The lowest BCUT2D eigenvalue weighted by Crippen LogP contribution is -2.51. The van der Waals surface area contributed by atoms with Crippen molar-refractivity contribution in [1.82, 2.24) is 45.6 Å². The number of fused-ring (bicyclic) bond motifs is 1. The van der Waals surface area contributed by atoms with Gasteiger partial charge in [0.2, 0.25) is 20.0 Å².